The summed E-state index contributed by atoms with van der Waals surface area (Å²) in [5.41, 5.74) is 6.63. The lowest BCUT2D eigenvalue weighted by Crippen LogP contribution is -2.45. The smallest absolute Gasteiger partial charge is 0.223 e. The van der Waals surface area contributed by atoms with E-state index >= 15 is 0 Å². The summed E-state index contributed by atoms with van der Waals surface area (Å²) in [6.45, 7) is 0. The van der Waals surface area contributed by atoms with Gasteiger partial charge in [0.25, 0.3) is 0 Å². The molecule has 0 spiro atoms. The first kappa shape index (κ1) is 11.6. The van der Waals surface area contributed by atoms with Gasteiger partial charge in [-0.15, -0.1) is 0 Å². The van der Waals surface area contributed by atoms with Gasteiger partial charge >= 0.3 is 0 Å². The maximum Gasteiger partial charge on any atom is 0.223 e. The van der Waals surface area contributed by atoms with E-state index in [1.807, 2.05) is 6.07 Å². The number of H-pyrrole nitrogens is 1. The van der Waals surface area contributed by atoms with Crippen molar-refractivity contribution in [1.82, 2.24) is 15.5 Å². The van der Waals surface area contributed by atoms with Crippen LogP contribution in [0.25, 0.3) is 0 Å². The molecule has 1 heterocycles. The molecular weight excluding hydrogens is 228 g/mol. The third kappa shape index (κ3) is 2.21. The number of carbonyl (C=O) groups excluding carboxylic acids is 1. The molecule has 2 aliphatic carbocycles. The van der Waals surface area contributed by atoms with E-state index in [1.54, 1.807) is 0 Å². The summed E-state index contributed by atoms with van der Waals surface area (Å²) in [5, 5.41) is 10.1. The van der Waals surface area contributed by atoms with Crippen molar-refractivity contribution in [2.24, 2.45) is 5.92 Å². The van der Waals surface area contributed by atoms with Crippen LogP contribution in [-0.4, -0.2) is 22.1 Å². The van der Waals surface area contributed by atoms with Gasteiger partial charge in [-0.05, 0) is 25.7 Å². The van der Waals surface area contributed by atoms with Crippen LogP contribution >= 0.6 is 0 Å². The highest BCUT2D eigenvalue weighted by atomic mass is 16.1. The van der Waals surface area contributed by atoms with Crippen molar-refractivity contribution >= 4 is 11.7 Å². The van der Waals surface area contributed by atoms with Crippen LogP contribution in [0.3, 0.4) is 0 Å². The third-order valence-electron chi connectivity index (χ3n) is 4.25. The first-order valence-electron chi connectivity index (χ1n) is 6.83. The molecule has 98 valence electrons. The normalized spacial score (nSPS) is 28.0. The maximum atomic E-state index is 11.9. The van der Waals surface area contributed by atoms with Crippen LogP contribution in [0.1, 0.15) is 50.1 Å². The Morgan fingerprint density at radius 3 is 2.72 bits per heavy atom. The molecule has 1 amide bonds. The molecule has 0 atom stereocenters. The Morgan fingerprint density at radius 2 is 2.11 bits per heavy atom. The third-order valence-corrected chi connectivity index (χ3v) is 4.25. The van der Waals surface area contributed by atoms with Gasteiger partial charge in [-0.25, -0.2) is 0 Å². The zero-order valence-corrected chi connectivity index (χ0v) is 10.5. The predicted octanol–water partition coefficient (Wildman–Crippen LogP) is 1.54. The molecule has 5 nitrogen and oxygen atoms in total. The Labute approximate surface area is 107 Å². The van der Waals surface area contributed by atoms with Gasteiger partial charge < -0.3 is 11.1 Å². The minimum atomic E-state index is 0.262. The molecule has 18 heavy (non-hydrogen) atoms. The van der Waals surface area contributed by atoms with Crippen molar-refractivity contribution < 1.29 is 4.79 Å². The summed E-state index contributed by atoms with van der Waals surface area (Å²) >= 11 is 0. The van der Waals surface area contributed by atoms with E-state index in [0.29, 0.717) is 17.8 Å². The minimum absolute atomic E-state index is 0.262. The largest absolute Gasteiger partial charge is 0.384 e. The van der Waals surface area contributed by atoms with Gasteiger partial charge in [-0.1, -0.05) is 12.8 Å². The Bertz CT molecular complexity index is 430. The number of nitrogen functional groups attached to an aromatic ring is 1. The van der Waals surface area contributed by atoms with Gasteiger partial charge in [0, 0.05) is 23.9 Å². The van der Waals surface area contributed by atoms with E-state index < -0.39 is 0 Å². The monoisotopic (exact) mass is 248 g/mol. The van der Waals surface area contributed by atoms with Crippen molar-refractivity contribution in [2.45, 2.75) is 50.5 Å². The summed E-state index contributed by atoms with van der Waals surface area (Å²) in [7, 11) is 0. The summed E-state index contributed by atoms with van der Waals surface area (Å²) in [6, 6.07) is 2.22. The van der Waals surface area contributed by atoms with Crippen LogP contribution in [0.15, 0.2) is 6.07 Å². The molecule has 0 aliphatic heterocycles. The average molecular weight is 248 g/mol. The highest BCUT2D eigenvalue weighted by molar-refractivity contribution is 5.79. The van der Waals surface area contributed by atoms with Crippen LogP contribution in [-0.2, 0) is 4.79 Å². The second-order valence-corrected chi connectivity index (χ2v) is 5.60. The first-order chi connectivity index (χ1) is 8.72. The van der Waals surface area contributed by atoms with E-state index in [0.717, 1.165) is 31.4 Å². The number of nitrogens with two attached hydrogens (primary N) is 1. The lowest BCUT2D eigenvalue weighted by molar-refractivity contribution is -0.126. The number of amides is 1. The summed E-state index contributed by atoms with van der Waals surface area (Å²) in [4.78, 5) is 11.9. The molecule has 4 N–H and O–H groups in total. The molecule has 3 rings (SSSR count). The van der Waals surface area contributed by atoms with Crippen LogP contribution in [0.5, 0.6) is 0 Å². The van der Waals surface area contributed by atoms with Crippen molar-refractivity contribution in [1.29, 1.82) is 0 Å². The predicted molar refractivity (Wildman–Crippen MR) is 68.9 cm³/mol. The molecule has 0 radical (unpaired) electrons. The second-order valence-electron chi connectivity index (χ2n) is 5.60. The fourth-order valence-corrected chi connectivity index (χ4v) is 3.05. The number of nitrogens with one attached hydrogen (secondary N) is 2. The molecule has 1 aromatic rings. The zero-order valence-electron chi connectivity index (χ0n) is 10.5. The lowest BCUT2D eigenvalue weighted by atomic mass is 9.78. The van der Waals surface area contributed by atoms with Crippen molar-refractivity contribution in [3.8, 4) is 0 Å². The first-order valence-corrected chi connectivity index (χ1v) is 6.83. The topological polar surface area (TPSA) is 83.8 Å². The van der Waals surface area contributed by atoms with E-state index in [4.69, 9.17) is 5.73 Å². The fourth-order valence-electron chi connectivity index (χ4n) is 3.05. The van der Waals surface area contributed by atoms with Crippen molar-refractivity contribution in [2.75, 3.05) is 5.73 Å². The quantitative estimate of drug-likeness (QED) is 0.758. The maximum absolute atomic E-state index is 11.9. The number of aromatic nitrogens is 2. The molecule has 1 aromatic heterocycles. The molecule has 0 bridgehead atoms. The van der Waals surface area contributed by atoms with Crippen LogP contribution in [0.2, 0.25) is 0 Å². The number of anilines is 1. The molecular formula is C13H20N4O. The lowest BCUT2D eigenvalue weighted by Gasteiger charge is -2.35. The minimum Gasteiger partial charge on any atom is -0.384 e. The van der Waals surface area contributed by atoms with E-state index in [2.05, 4.69) is 15.5 Å². The second kappa shape index (κ2) is 4.63. The number of rotatable bonds is 3. The van der Waals surface area contributed by atoms with Crippen molar-refractivity contribution in [3.63, 3.8) is 0 Å². The Balaban J connectivity index is 1.46. The number of nitrogens with zero attached hydrogens (tertiary/aromatic N) is 1. The summed E-state index contributed by atoms with van der Waals surface area (Å²) in [6.07, 6.45) is 6.52. The highest BCUT2D eigenvalue weighted by Crippen LogP contribution is 2.37. The molecule has 5 heteroatoms. The van der Waals surface area contributed by atoms with Gasteiger partial charge in [0.05, 0.1) is 5.69 Å². The van der Waals surface area contributed by atoms with Crippen LogP contribution in [0, 0.1) is 5.92 Å². The summed E-state index contributed by atoms with van der Waals surface area (Å²) in [5.74, 6) is 1.60. The standard InChI is InChI=1S/C13H20N4O/c14-12-7-11(16-17-12)9-5-10(6-9)15-13(18)8-3-1-2-4-8/h7-10H,1-6H2,(H,15,18)(H3,14,16,17)/t9-,10+. The van der Waals surface area contributed by atoms with Gasteiger partial charge in [-0.2, -0.15) is 5.10 Å². The molecule has 2 saturated carbocycles. The van der Waals surface area contributed by atoms with E-state index in [1.165, 1.54) is 12.8 Å². The van der Waals surface area contributed by atoms with Gasteiger partial charge in [0.1, 0.15) is 5.82 Å². The van der Waals surface area contributed by atoms with Crippen LogP contribution < -0.4 is 11.1 Å². The van der Waals surface area contributed by atoms with E-state index in [-0.39, 0.29) is 11.8 Å². The highest BCUT2D eigenvalue weighted by Gasteiger charge is 2.34. The molecule has 0 aromatic carbocycles. The molecule has 2 aliphatic rings. The van der Waals surface area contributed by atoms with Gasteiger partial charge in [0.2, 0.25) is 5.91 Å². The SMILES string of the molecule is Nc1cc([C@H]2C[C@@H](NC(=O)C3CCCC3)C2)n[nH]1. The average Bonchev–Trinajstić information content (AvgIpc) is 2.93. The Kier molecular flexibility index (Phi) is 2.97. The van der Waals surface area contributed by atoms with Crippen molar-refractivity contribution in [3.05, 3.63) is 11.8 Å². The van der Waals surface area contributed by atoms with Crippen LogP contribution in [0.4, 0.5) is 5.82 Å². The van der Waals surface area contributed by atoms with Gasteiger partial charge in [-0.3, -0.25) is 9.89 Å². The Morgan fingerprint density at radius 1 is 1.39 bits per heavy atom. The number of carbonyl (C=O) groups is 1. The zero-order chi connectivity index (χ0) is 12.5. The molecule has 2 fully saturated rings. The number of hydrogen-bond donors (Lipinski definition) is 3. The summed E-state index contributed by atoms with van der Waals surface area (Å²) < 4.78 is 0. The number of hydrogen-bond acceptors (Lipinski definition) is 3. The fraction of sp³-hybridized carbons (Fsp3) is 0.692. The molecule has 0 saturated heterocycles. The number of aromatic amines is 1. The Hall–Kier alpha value is -1.52. The van der Waals surface area contributed by atoms with E-state index in [9.17, 15) is 4.79 Å². The molecule has 0 unspecified atom stereocenters. The van der Waals surface area contributed by atoms with Gasteiger partial charge in [0.15, 0.2) is 0 Å².